The molecule has 2 aromatic carbocycles. The standard InChI is InChI=1S/C15H10Cl2N2O2S2/c16-11-3-6-15(13(17)7-11)23(20,21)19-12-4-1-10(2-5-12)14-8-22-9-18-14/h1-9,19H. The summed E-state index contributed by atoms with van der Waals surface area (Å²) in [6.07, 6.45) is 0. The van der Waals surface area contributed by atoms with Gasteiger partial charge in [-0.3, -0.25) is 4.72 Å². The summed E-state index contributed by atoms with van der Waals surface area (Å²) in [4.78, 5) is 4.19. The molecule has 8 heteroatoms. The van der Waals surface area contributed by atoms with Crippen LogP contribution >= 0.6 is 34.5 Å². The van der Waals surface area contributed by atoms with Gasteiger partial charge in [-0.1, -0.05) is 35.3 Å². The Hall–Kier alpha value is -1.60. The highest BCUT2D eigenvalue weighted by Crippen LogP contribution is 2.27. The average molecular weight is 385 g/mol. The number of nitrogens with one attached hydrogen (secondary N) is 1. The van der Waals surface area contributed by atoms with Gasteiger partial charge in [-0.15, -0.1) is 11.3 Å². The average Bonchev–Trinajstić information content (AvgIpc) is 3.01. The Morgan fingerprint density at radius 2 is 1.78 bits per heavy atom. The molecule has 0 atom stereocenters. The van der Waals surface area contributed by atoms with E-state index in [2.05, 4.69) is 9.71 Å². The monoisotopic (exact) mass is 384 g/mol. The quantitative estimate of drug-likeness (QED) is 0.694. The normalized spacial score (nSPS) is 11.4. The highest BCUT2D eigenvalue weighted by Gasteiger charge is 2.18. The zero-order valence-corrected chi connectivity index (χ0v) is 14.7. The van der Waals surface area contributed by atoms with E-state index in [-0.39, 0.29) is 9.92 Å². The van der Waals surface area contributed by atoms with Gasteiger partial charge in [0.05, 0.1) is 16.2 Å². The molecule has 0 fully saturated rings. The number of thiazole rings is 1. The first kappa shape index (κ1) is 16.3. The van der Waals surface area contributed by atoms with Crippen LogP contribution in [0.4, 0.5) is 5.69 Å². The van der Waals surface area contributed by atoms with Gasteiger partial charge in [-0.05, 0) is 30.3 Å². The van der Waals surface area contributed by atoms with Crippen LogP contribution < -0.4 is 4.72 Å². The van der Waals surface area contributed by atoms with Crippen LogP contribution in [-0.4, -0.2) is 13.4 Å². The molecule has 0 aliphatic rings. The Labute approximate surface area is 147 Å². The summed E-state index contributed by atoms with van der Waals surface area (Å²) < 4.78 is 27.3. The fourth-order valence-electron chi connectivity index (χ4n) is 1.97. The SMILES string of the molecule is O=S(=O)(Nc1ccc(-c2cscn2)cc1)c1ccc(Cl)cc1Cl. The fourth-order valence-corrected chi connectivity index (χ4v) is 4.36. The van der Waals surface area contributed by atoms with Gasteiger partial charge in [0.25, 0.3) is 10.0 Å². The topological polar surface area (TPSA) is 59.1 Å². The van der Waals surface area contributed by atoms with Crippen molar-refractivity contribution >= 4 is 50.2 Å². The molecule has 0 saturated carbocycles. The maximum Gasteiger partial charge on any atom is 0.263 e. The second kappa shape index (κ2) is 6.49. The molecular formula is C15H10Cl2N2O2S2. The summed E-state index contributed by atoms with van der Waals surface area (Å²) in [5.74, 6) is 0. The van der Waals surface area contributed by atoms with Crippen molar-refractivity contribution in [2.75, 3.05) is 4.72 Å². The number of hydrogen-bond donors (Lipinski definition) is 1. The summed E-state index contributed by atoms with van der Waals surface area (Å²) in [6, 6.07) is 11.2. The van der Waals surface area contributed by atoms with E-state index in [0.29, 0.717) is 10.7 Å². The molecule has 0 bridgehead atoms. The Balaban J connectivity index is 1.86. The van der Waals surface area contributed by atoms with Crippen LogP contribution in [0, 0.1) is 0 Å². The van der Waals surface area contributed by atoms with Crippen LogP contribution in [-0.2, 0) is 10.0 Å². The maximum atomic E-state index is 12.4. The van der Waals surface area contributed by atoms with Gasteiger partial charge in [0.1, 0.15) is 4.90 Å². The first-order valence-electron chi connectivity index (χ1n) is 6.42. The molecule has 0 radical (unpaired) electrons. The van der Waals surface area contributed by atoms with Gasteiger partial charge < -0.3 is 0 Å². The summed E-state index contributed by atoms with van der Waals surface area (Å²) in [5, 5.41) is 2.37. The van der Waals surface area contributed by atoms with Crippen LogP contribution in [0.2, 0.25) is 10.0 Å². The molecule has 0 unspecified atom stereocenters. The highest BCUT2D eigenvalue weighted by atomic mass is 35.5. The van der Waals surface area contributed by atoms with Crippen molar-refractivity contribution in [2.45, 2.75) is 4.90 Å². The zero-order valence-electron chi connectivity index (χ0n) is 11.5. The van der Waals surface area contributed by atoms with E-state index in [1.54, 1.807) is 29.8 Å². The summed E-state index contributed by atoms with van der Waals surface area (Å²) in [6.45, 7) is 0. The minimum atomic E-state index is -3.78. The van der Waals surface area contributed by atoms with Gasteiger partial charge in [0, 0.05) is 21.7 Å². The summed E-state index contributed by atoms with van der Waals surface area (Å²) in [5.41, 5.74) is 3.95. The molecule has 1 heterocycles. The number of rotatable bonds is 4. The van der Waals surface area contributed by atoms with Gasteiger partial charge in [-0.25, -0.2) is 13.4 Å². The molecule has 1 aromatic heterocycles. The highest BCUT2D eigenvalue weighted by molar-refractivity contribution is 7.92. The third-order valence-electron chi connectivity index (χ3n) is 3.05. The Morgan fingerprint density at radius 1 is 1.04 bits per heavy atom. The van der Waals surface area contributed by atoms with Gasteiger partial charge in [-0.2, -0.15) is 0 Å². The Kier molecular flexibility index (Phi) is 4.59. The lowest BCUT2D eigenvalue weighted by Gasteiger charge is -2.10. The molecule has 0 spiro atoms. The minimum Gasteiger partial charge on any atom is -0.280 e. The molecular weight excluding hydrogens is 375 g/mol. The van der Waals surface area contributed by atoms with E-state index in [9.17, 15) is 8.42 Å². The van der Waals surface area contributed by atoms with Gasteiger partial charge >= 0.3 is 0 Å². The third kappa shape index (κ3) is 3.67. The maximum absolute atomic E-state index is 12.4. The lowest BCUT2D eigenvalue weighted by Crippen LogP contribution is -2.13. The fraction of sp³-hybridized carbons (Fsp3) is 0. The summed E-state index contributed by atoms with van der Waals surface area (Å²) in [7, 11) is -3.78. The first-order valence-corrected chi connectivity index (χ1v) is 9.60. The number of aromatic nitrogens is 1. The van der Waals surface area contributed by atoms with E-state index >= 15 is 0 Å². The molecule has 0 aliphatic carbocycles. The van der Waals surface area contributed by atoms with Crippen molar-refractivity contribution in [3.05, 3.63) is 63.4 Å². The van der Waals surface area contributed by atoms with E-state index < -0.39 is 10.0 Å². The van der Waals surface area contributed by atoms with Crippen molar-refractivity contribution in [3.63, 3.8) is 0 Å². The van der Waals surface area contributed by atoms with E-state index in [1.165, 1.54) is 29.5 Å². The van der Waals surface area contributed by atoms with Gasteiger partial charge in [0.2, 0.25) is 0 Å². The minimum absolute atomic E-state index is 0.0212. The number of sulfonamides is 1. The van der Waals surface area contributed by atoms with Crippen LogP contribution in [0.3, 0.4) is 0 Å². The third-order valence-corrected chi connectivity index (χ3v) is 5.73. The number of halogens is 2. The smallest absolute Gasteiger partial charge is 0.263 e. The molecule has 0 amide bonds. The predicted molar refractivity (Wildman–Crippen MR) is 94.8 cm³/mol. The molecule has 23 heavy (non-hydrogen) atoms. The lowest BCUT2D eigenvalue weighted by molar-refractivity contribution is 0.601. The van der Waals surface area contributed by atoms with Crippen molar-refractivity contribution in [1.29, 1.82) is 0 Å². The Morgan fingerprint density at radius 3 is 2.39 bits per heavy atom. The first-order chi connectivity index (χ1) is 11.0. The van der Waals surface area contributed by atoms with Crippen molar-refractivity contribution in [1.82, 2.24) is 4.98 Å². The van der Waals surface area contributed by atoms with E-state index in [0.717, 1.165) is 11.3 Å². The number of nitrogens with zero attached hydrogens (tertiary/aromatic N) is 1. The number of anilines is 1. The van der Waals surface area contributed by atoms with Crippen LogP contribution in [0.25, 0.3) is 11.3 Å². The zero-order chi connectivity index (χ0) is 16.4. The van der Waals surface area contributed by atoms with E-state index in [4.69, 9.17) is 23.2 Å². The molecule has 1 N–H and O–H groups in total. The van der Waals surface area contributed by atoms with Gasteiger partial charge in [0.15, 0.2) is 0 Å². The largest absolute Gasteiger partial charge is 0.280 e. The van der Waals surface area contributed by atoms with Crippen LogP contribution in [0.15, 0.2) is 58.3 Å². The van der Waals surface area contributed by atoms with Crippen molar-refractivity contribution < 1.29 is 8.42 Å². The predicted octanol–water partition coefficient (Wildman–Crippen LogP) is 4.92. The molecule has 0 saturated heterocycles. The van der Waals surface area contributed by atoms with Crippen LogP contribution in [0.1, 0.15) is 0 Å². The lowest BCUT2D eigenvalue weighted by atomic mass is 10.2. The molecule has 3 rings (SSSR count). The number of hydrogen-bond acceptors (Lipinski definition) is 4. The van der Waals surface area contributed by atoms with E-state index in [1.807, 2.05) is 5.38 Å². The second-order valence-electron chi connectivity index (χ2n) is 4.63. The molecule has 3 aromatic rings. The molecule has 0 aliphatic heterocycles. The molecule has 4 nitrogen and oxygen atoms in total. The number of benzene rings is 2. The molecule has 118 valence electrons. The Bertz CT molecular complexity index is 925. The van der Waals surface area contributed by atoms with Crippen molar-refractivity contribution in [2.24, 2.45) is 0 Å². The summed E-state index contributed by atoms with van der Waals surface area (Å²) >= 11 is 13.3. The second-order valence-corrected chi connectivity index (χ2v) is 7.84. The van der Waals surface area contributed by atoms with Crippen molar-refractivity contribution in [3.8, 4) is 11.3 Å². The van der Waals surface area contributed by atoms with Crippen LogP contribution in [0.5, 0.6) is 0 Å².